The van der Waals surface area contributed by atoms with Crippen molar-refractivity contribution in [2.75, 3.05) is 27.3 Å². The molecule has 106 valence electrons. The predicted octanol–water partition coefficient (Wildman–Crippen LogP) is 1.58. The average Bonchev–Trinajstić information content (AvgIpc) is 2.47. The van der Waals surface area contributed by atoms with Gasteiger partial charge in [-0.2, -0.15) is 0 Å². The summed E-state index contributed by atoms with van der Waals surface area (Å²) >= 11 is 0. The number of nitrogens with zero attached hydrogens (tertiary/aromatic N) is 3. The molecule has 0 saturated carbocycles. The Labute approximate surface area is 118 Å². The lowest BCUT2D eigenvalue weighted by Gasteiger charge is -2.15. The maximum atomic E-state index is 8.94. The molecule has 0 fully saturated rings. The quantitative estimate of drug-likeness (QED) is 0.866. The second kappa shape index (κ2) is 6.98. The summed E-state index contributed by atoms with van der Waals surface area (Å²) in [5, 5.41) is 8.94. The predicted molar refractivity (Wildman–Crippen MR) is 77.4 cm³/mol. The van der Waals surface area contributed by atoms with Crippen LogP contribution < -0.4 is 4.74 Å². The highest BCUT2D eigenvalue weighted by Gasteiger charge is 2.09. The summed E-state index contributed by atoms with van der Waals surface area (Å²) in [6.07, 6.45) is 3.27. The summed E-state index contributed by atoms with van der Waals surface area (Å²) in [5.41, 5.74) is 2.87. The Morgan fingerprint density at radius 2 is 2.05 bits per heavy atom. The highest BCUT2D eigenvalue weighted by atomic mass is 16.5. The number of aliphatic hydroxyl groups is 1. The average molecular weight is 273 g/mol. The van der Waals surface area contributed by atoms with Gasteiger partial charge in [-0.25, -0.2) is 9.97 Å². The van der Waals surface area contributed by atoms with Gasteiger partial charge >= 0.3 is 0 Å². The van der Waals surface area contributed by atoms with Crippen LogP contribution in [0.15, 0.2) is 36.7 Å². The zero-order valence-corrected chi connectivity index (χ0v) is 11.8. The van der Waals surface area contributed by atoms with Gasteiger partial charge in [-0.05, 0) is 18.7 Å². The molecule has 0 radical (unpaired) electrons. The van der Waals surface area contributed by atoms with E-state index in [1.54, 1.807) is 19.5 Å². The van der Waals surface area contributed by atoms with E-state index in [2.05, 4.69) is 27.0 Å². The molecular formula is C15H19N3O2. The monoisotopic (exact) mass is 273 g/mol. The Morgan fingerprint density at radius 3 is 2.80 bits per heavy atom. The number of rotatable bonds is 6. The van der Waals surface area contributed by atoms with Crippen molar-refractivity contribution in [3.05, 3.63) is 42.2 Å². The lowest BCUT2D eigenvalue weighted by molar-refractivity contribution is 0.217. The molecule has 0 spiro atoms. The summed E-state index contributed by atoms with van der Waals surface area (Å²) in [4.78, 5) is 10.6. The maximum absolute atomic E-state index is 8.94. The summed E-state index contributed by atoms with van der Waals surface area (Å²) < 4.78 is 5.24. The van der Waals surface area contributed by atoms with Crippen molar-refractivity contribution < 1.29 is 9.84 Å². The van der Waals surface area contributed by atoms with E-state index in [0.29, 0.717) is 12.4 Å². The SMILES string of the molecule is COc1nccnc1-c1cccc(CN(C)CCO)c1. The number of hydrogen-bond donors (Lipinski definition) is 1. The molecule has 0 atom stereocenters. The van der Waals surface area contributed by atoms with E-state index < -0.39 is 0 Å². The van der Waals surface area contributed by atoms with Crippen molar-refractivity contribution in [3.63, 3.8) is 0 Å². The van der Waals surface area contributed by atoms with Gasteiger partial charge in [0.25, 0.3) is 0 Å². The molecule has 5 nitrogen and oxygen atoms in total. The first-order valence-electron chi connectivity index (χ1n) is 6.48. The first-order chi connectivity index (χ1) is 9.74. The van der Waals surface area contributed by atoms with Crippen molar-refractivity contribution in [1.29, 1.82) is 0 Å². The molecular weight excluding hydrogens is 254 g/mol. The fraction of sp³-hybridized carbons (Fsp3) is 0.333. The fourth-order valence-corrected chi connectivity index (χ4v) is 2.05. The maximum Gasteiger partial charge on any atom is 0.240 e. The molecule has 0 bridgehead atoms. The van der Waals surface area contributed by atoms with Gasteiger partial charge in [0.1, 0.15) is 5.69 Å². The van der Waals surface area contributed by atoms with Gasteiger partial charge in [0.2, 0.25) is 5.88 Å². The van der Waals surface area contributed by atoms with Crippen molar-refractivity contribution in [2.45, 2.75) is 6.54 Å². The molecule has 1 N–H and O–H groups in total. The summed E-state index contributed by atoms with van der Waals surface area (Å²) in [6, 6.07) is 8.11. The van der Waals surface area contributed by atoms with Crippen LogP contribution in [0.4, 0.5) is 0 Å². The van der Waals surface area contributed by atoms with E-state index in [4.69, 9.17) is 9.84 Å². The molecule has 20 heavy (non-hydrogen) atoms. The van der Waals surface area contributed by atoms with Gasteiger partial charge in [0.05, 0.1) is 13.7 Å². The van der Waals surface area contributed by atoms with E-state index in [1.807, 2.05) is 19.2 Å². The van der Waals surface area contributed by atoms with E-state index in [9.17, 15) is 0 Å². The summed E-state index contributed by atoms with van der Waals surface area (Å²) in [5.74, 6) is 0.522. The number of hydrogen-bond acceptors (Lipinski definition) is 5. The van der Waals surface area contributed by atoms with Gasteiger partial charge in [-0.1, -0.05) is 18.2 Å². The number of ether oxygens (including phenoxy) is 1. The minimum atomic E-state index is 0.161. The number of methoxy groups -OCH3 is 1. The third kappa shape index (κ3) is 3.53. The first kappa shape index (κ1) is 14.4. The molecule has 5 heteroatoms. The lowest BCUT2D eigenvalue weighted by Crippen LogP contribution is -2.21. The lowest BCUT2D eigenvalue weighted by atomic mass is 10.1. The van der Waals surface area contributed by atoms with Crippen LogP contribution >= 0.6 is 0 Å². The van der Waals surface area contributed by atoms with Crippen LogP contribution in [0, 0.1) is 0 Å². The zero-order chi connectivity index (χ0) is 14.4. The summed E-state index contributed by atoms with van der Waals surface area (Å²) in [7, 11) is 3.57. The molecule has 0 aliphatic rings. The van der Waals surface area contributed by atoms with Crippen molar-refractivity contribution in [2.24, 2.45) is 0 Å². The minimum Gasteiger partial charge on any atom is -0.479 e. The van der Waals surface area contributed by atoms with E-state index in [-0.39, 0.29) is 6.61 Å². The fourth-order valence-electron chi connectivity index (χ4n) is 2.05. The van der Waals surface area contributed by atoms with Crippen LogP contribution in [0.25, 0.3) is 11.3 Å². The van der Waals surface area contributed by atoms with Crippen LogP contribution in [0.5, 0.6) is 5.88 Å². The third-order valence-electron chi connectivity index (χ3n) is 2.99. The Kier molecular flexibility index (Phi) is 5.03. The van der Waals surface area contributed by atoms with Crippen LogP contribution in [0.2, 0.25) is 0 Å². The number of aliphatic hydroxyl groups excluding tert-OH is 1. The van der Waals surface area contributed by atoms with Gasteiger partial charge < -0.3 is 9.84 Å². The molecule has 0 aliphatic carbocycles. The van der Waals surface area contributed by atoms with Crippen molar-refractivity contribution in [1.82, 2.24) is 14.9 Å². The molecule has 1 aromatic carbocycles. The molecule has 0 aliphatic heterocycles. The van der Waals surface area contributed by atoms with Gasteiger partial charge in [-0.3, -0.25) is 4.90 Å². The topological polar surface area (TPSA) is 58.5 Å². The zero-order valence-electron chi connectivity index (χ0n) is 11.8. The third-order valence-corrected chi connectivity index (χ3v) is 2.99. The Morgan fingerprint density at radius 1 is 1.25 bits per heavy atom. The van der Waals surface area contributed by atoms with Crippen LogP contribution in [-0.2, 0) is 6.54 Å². The molecule has 1 heterocycles. The van der Waals surface area contributed by atoms with Crippen molar-refractivity contribution >= 4 is 0 Å². The molecule has 0 amide bonds. The number of aromatic nitrogens is 2. The Hall–Kier alpha value is -1.98. The molecule has 2 aromatic rings. The molecule has 2 rings (SSSR count). The number of benzene rings is 1. The highest BCUT2D eigenvalue weighted by molar-refractivity contribution is 5.64. The smallest absolute Gasteiger partial charge is 0.240 e. The molecule has 0 unspecified atom stereocenters. The summed E-state index contributed by atoms with van der Waals surface area (Å²) in [6.45, 7) is 1.59. The van der Waals surface area contributed by atoms with E-state index in [0.717, 1.165) is 23.4 Å². The second-order valence-electron chi connectivity index (χ2n) is 4.58. The van der Waals surface area contributed by atoms with Gasteiger partial charge in [-0.15, -0.1) is 0 Å². The van der Waals surface area contributed by atoms with Gasteiger partial charge in [0, 0.05) is 31.0 Å². The van der Waals surface area contributed by atoms with Crippen LogP contribution in [0.1, 0.15) is 5.56 Å². The van der Waals surface area contributed by atoms with E-state index >= 15 is 0 Å². The van der Waals surface area contributed by atoms with Crippen LogP contribution in [0.3, 0.4) is 0 Å². The molecule has 1 aromatic heterocycles. The van der Waals surface area contributed by atoms with Gasteiger partial charge in [0.15, 0.2) is 0 Å². The van der Waals surface area contributed by atoms with Crippen LogP contribution in [-0.4, -0.2) is 47.3 Å². The van der Waals surface area contributed by atoms with E-state index in [1.165, 1.54) is 0 Å². The largest absolute Gasteiger partial charge is 0.479 e. The first-order valence-corrected chi connectivity index (χ1v) is 6.48. The highest BCUT2D eigenvalue weighted by Crippen LogP contribution is 2.25. The minimum absolute atomic E-state index is 0.161. The van der Waals surface area contributed by atoms with Crippen molar-refractivity contribution in [3.8, 4) is 17.1 Å². The Bertz CT molecular complexity index is 560. The molecule has 0 saturated heterocycles. The second-order valence-corrected chi connectivity index (χ2v) is 4.58. The Balaban J connectivity index is 2.25. The normalized spacial score (nSPS) is 10.8. The standard InChI is InChI=1S/C15H19N3O2/c1-18(8-9-19)11-12-4-3-5-13(10-12)14-15(20-2)17-7-6-16-14/h3-7,10,19H,8-9,11H2,1-2H3. The number of likely N-dealkylation sites (N-methyl/N-ethyl adjacent to an activating group) is 1.